The van der Waals surface area contributed by atoms with E-state index in [9.17, 15) is 0 Å². The van der Waals surface area contributed by atoms with Crippen LogP contribution in [0, 0.1) is 5.41 Å². The van der Waals surface area contributed by atoms with Gasteiger partial charge in [-0.05, 0) is 75.9 Å². The van der Waals surface area contributed by atoms with Gasteiger partial charge in [0.05, 0.1) is 22.8 Å². The van der Waals surface area contributed by atoms with E-state index in [1.54, 1.807) is 0 Å². The topological polar surface area (TPSA) is 29.0 Å². The van der Waals surface area contributed by atoms with Gasteiger partial charge in [0.15, 0.2) is 0 Å². The van der Waals surface area contributed by atoms with E-state index in [-0.39, 0.29) is 5.41 Å². The van der Waals surface area contributed by atoms with Crippen molar-refractivity contribution in [3.8, 4) is 33.8 Å². The molecule has 1 aliphatic carbocycles. The molecule has 2 aromatic heterocycles. The maximum absolute atomic E-state index is 5.00. The van der Waals surface area contributed by atoms with E-state index >= 15 is 0 Å². The summed E-state index contributed by atoms with van der Waals surface area (Å²) in [6, 6.07) is 60.6. The molecule has 0 spiro atoms. The summed E-state index contributed by atoms with van der Waals surface area (Å²) in [4.78, 5) is 12.1. The number of hydrogen-bond acceptors (Lipinski definition) is 3. The highest BCUT2D eigenvalue weighted by Crippen LogP contribution is 2.63. The van der Waals surface area contributed by atoms with Crippen LogP contribution in [0.5, 0.6) is 0 Å². The highest BCUT2D eigenvalue weighted by molar-refractivity contribution is 6.24. The molecule has 0 atom stereocenters. The van der Waals surface area contributed by atoms with Gasteiger partial charge in [0, 0.05) is 39.7 Å². The van der Waals surface area contributed by atoms with Crippen LogP contribution in [0.25, 0.3) is 50.5 Å². The van der Waals surface area contributed by atoms with Crippen molar-refractivity contribution in [3.05, 3.63) is 198 Å². The lowest BCUT2D eigenvalue weighted by Crippen LogP contribution is -2.28. The Morgan fingerprint density at radius 3 is 1.76 bits per heavy atom. The van der Waals surface area contributed by atoms with Gasteiger partial charge in [-0.15, -0.1) is 0 Å². The monoisotopic (exact) mass is 641 g/mol. The number of hydrogen-bond donors (Lipinski definition) is 0. The Morgan fingerprint density at radius 1 is 0.440 bits per heavy atom. The zero-order valence-corrected chi connectivity index (χ0v) is 28.1. The Bertz CT molecular complexity index is 2420. The van der Waals surface area contributed by atoms with E-state index in [1.807, 2.05) is 30.5 Å². The van der Waals surface area contributed by atoms with Crippen LogP contribution in [-0.4, -0.2) is 9.97 Å². The Hall–Kier alpha value is -6.32. The van der Waals surface area contributed by atoms with Crippen molar-refractivity contribution >= 4 is 28.1 Å². The van der Waals surface area contributed by atoms with Crippen molar-refractivity contribution in [2.24, 2.45) is 5.41 Å². The number of benzene rings is 5. The number of nitrogens with zero attached hydrogens (tertiary/aromatic N) is 3. The van der Waals surface area contributed by atoms with Crippen LogP contribution < -0.4 is 4.90 Å². The SMILES string of the molecule is CC1(C)C(c2ccccc2)=C(c2ccccc2)C2=C1N(c1ccc(-c3cccc(-c4ccccn4)n3)cc1)c1ccccc1-c1ccccc12. The van der Waals surface area contributed by atoms with Gasteiger partial charge in [0.1, 0.15) is 0 Å². The second-order valence-corrected chi connectivity index (χ2v) is 13.4. The standard InChI is InChI=1S/C47H35N3/c1-47(2)45(34-18-7-4-8-19-34)43(33-16-5-3-6-17-33)44-38-22-10-9-20-36(38)37-21-11-12-26-42(37)50(46(44)47)35-29-27-32(28-30-35)39-24-15-25-41(49-39)40-23-13-14-31-48-40/h3-31H,1-2H3. The smallest absolute Gasteiger partial charge is 0.0893 e. The normalized spacial score (nSPS) is 14.6. The number of rotatable bonds is 5. The van der Waals surface area contributed by atoms with Crippen molar-refractivity contribution in [2.75, 3.05) is 4.90 Å². The molecule has 0 saturated heterocycles. The number of para-hydroxylation sites is 1. The summed E-state index contributed by atoms with van der Waals surface area (Å²) in [5, 5.41) is 0. The summed E-state index contributed by atoms with van der Waals surface area (Å²) in [6.45, 7) is 4.79. The van der Waals surface area contributed by atoms with Crippen molar-refractivity contribution in [2.45, 2.75) is 13.8 Å². The molecule has 3 heterocycles. The van der Waals surface area contributed by atoms with Gasteiger partial charge in [0.25, 0.3) is 0 Å². The van der Waals surface area contributed by atoms with Gasteiger partial charge in [-0.25, -0.2) is 4.98 Å². The third kappa shape index (κ3) is 4.82. The number of fused-ring (bicyclic) bond motifs is 4. The molecule has 3 nitrogen and oxygen atoms in total. The first-order chi connectivity index (χ1) is 24.6. The van der Waals surface area contributed by atoms with Crippen LogP contribution in [0.3, 0.4) is 0 Å². The second-order valence-electron chi connectivity index (χ2n) is 13.4. The maximum atomic E-state index is 5.00. The summed E-state index contributed by atoms with van der Waals surface area (Å²) >= 11 is 0. The quantitative estimate of drug-likeness (QED) is 0.187. The molecule has 3 heteroatoms. The van der Waals surface area contributed by atoms with E-state index < -0.39 is 0 Å². The van der Waals surface area contributed by atoms with E-state index in [4.69, 9.17) is 4.98 Å². The largest absolute Gasteiger partial charge is 0.312 e. The van der Waals surface area contributed by atoms with Crippen molar-refractivity contribution in [1.82, 2.24) is 9.97 Å². The molecule has 7 aromatic rings. The molecule has 0 radical (unpaired) electrons. The molecule has 5 aromatic carbocycles. The van der Waals surface area contributed by atoms with Crippen LogP contribution >= 0.6 is 0 Å². The fourth-order valence-corrected chi connectivity index (χ4v) is 7.90. The predicted molar refractivity (Wildman–Crippen MR) is 207 cm³/mol. The van der Waals surface area contributed by atoms with Crippen molar-refractivity contribution in [1.29, 1.82) is 0 Å². The molecule has 0 N–H and O–H groups in total. The second kappa shape index (κ2) is 12.0. The summed E-state index contributed by atoms with van der Waals surface area (Å²) in [7, 11) is 0. The summed E-state index contributed by atoms with van der Waals surface area (Å²) in [6.07, 6.45) is 1.81. The van der Waals surface area contributed by atoms with Gasteiger partial charge >= 0.3 is 0 Å². The molecule has 0 bridgehead atoms. The highest BCUT2D eigenvalue weighted by atomic mass is 15.2. The Kier molecular flexibility index (Phi) is 7.14. The van der Waals surface area contributed by atoms with Crippen molar-refractivity contribution < 1.29 is 0 Å². The molecule has 2 aliphatic rings. The Balaban J connectivity index is 1.28. The average molecular weight is 642 g/mol. The first kappa shape index (κ1) is 29.8. The maximum Gasteiger partial charge on any atom is 0.0893 e. The fourth-order valence-electron chi connectivity index (χ4n) is 7.90. The third-order valence-corrected chi connectivity index (χ3v) is 10.0. The van der Waals surface area contributed by atoms with Crippen LogP contribution in [0.4, 0.5) is 11.4 Å². The Labute approximate surface area is 293 Å². The molecular formula is C47H35N3. The molecule has 50 heavy (non-hydrogen) atoms. The minimum atomic E-state index is -0.357. The number of aromatic nitrogens is 2. The van der Waals surface area contributed by atoms with E-state index in [1.165, 1.54) is 55.9 Å². The average Bonchev–Trinajstić information content (AvgIpc) is 3.34. The van der Waals surface area contributed by atoms with Crippen LogP contribution in [-0.2, 0) is 0 Å². The van der Waals surface area contributed by atoms with Gasteiger partial charge in [-0.2, -0.15) is 0 Å². The first-order valence-electron chi connectivity index (χ1n) is 17.2. The van der Waals surface area contributed by atoms with Crippen molar-refractivity contribution in [3.63, 3.8) is 0 Å². The third-order valence-electron chi connectivity index (χ3n) is 10.0. The zero-order chi connectivity index (χ0) is 33.7. The molecule has 238 valence electrons. The minimum Gasteiger partial charge on any atom is -0.312 e. The molecule has 1 aliphatic heterocycles. The van der Waals surface area contributed by atoms with Gasteiger partial charge in [-0.3, -0.25) is 4.98 Å². The number of pyridine rings is 2. The van der Waals surface area contributed by atoms with Gasteiger partial charge in [-0.1, -0.05) is 141 Å². The van der Waals surface area contributed by atoms with Crippen LogP contribution in [0.1, 0.15) is 30.5 Å². The fraction of sp³-hybridized carbons (Fsp3) is 0.0638. The lowest BCUT2D eigenvalue weighted by atomic mass is 9.78. The molecular weight excluding hydrogens is 607 g/mol. The minimum absolute atomic E-state index is 0.357. The first-order valence-corrected chi connectivity index (χ1v) is 17.2. The van der Waals surface area contributed by atoms with E-state index in [0.717, 1.165) is 28.3 Å². The number of anilines is 2. The molecule has 0 saturated carbocycles. The molecule has 9 rings (SSSR count). The van der Waals surface area contributed by atoms with E-state index in [0.29, 0.717) is 0 Å². The molecule has 0 fully saturated rings. The highest BCUT2D eigenvalue weighted by Gasteiger charge is 2.46. The lowest BCUT2D eigenvalue weighted by Gasteiger charge is -2.37. The Morgan fingerprint density at radius 2 is 1.04 bits per heavy atom. The van der Waals surface area contributed by atoms with Gasteiger partial charge in [0.2, 0.25) is 0 Å². The van der Waals surface area contributed by atoms with Gasteiger partial charge < -0.3 is 4.90 Å². The predicted octanol–water partition coefficient (Wildman–Crippen LogP) is 12.0. The van der Waals surface area contributed by atoms with Crippen LogP contribution in [0.2, 0.25) is 0 Å². The zero-order valence-electron chi connectivity index (χ0n) is 28.1. The lowest BCUT2D eigenvalue weighted by molar-refractivity contribution is 0.601. The molecule has 0 unspecified atom stereocenters. The van der Waals surface area contributed by atoms with Crippen LogP contribution in [0.15, 0.2) is 182 Å². The number of allylic oxidation sites excluding steroid dienone is 3. The summed E-state index contributed by atoms with van der Waals surface area (Å²) in [5.74, 6) is 0. The molecule has 0 amide bonds. The van der Waals surface area contributed by atoms with E-state index in [2.05, 4.69) is 169 Å². The summed E-state index contributed by atoms with van der Waals surface area (Å²) in [5.41, 5.74) is 17.0. The summed E-state index contributed by atoms with van der Waals surface area (Å²) < 4.78 is 0.